The van der Waals surface area contributed by atoms with E-state index in [9.17, 15) is 33.5 Å². The molecular formula is C35H39FN4O8. The zero-order valence-corrected chi connectivity index (χ0v) is 26.8. The van der Waals surface area contributed by atoms with Crippen LogP contribution in [-0.4, -0.2) is 100 Å². The molecule has 5 rings (SSSR count). The second-order valence-electron chi connectivity index (χ2n) is 11.8. The highest BCUT2D eigenvalue weighted by Gasteiger charge is 2.33. The van der Waals surface area contributed by atoms with Gasteiger partial charge in [0, 0.05) is 68.5 Å². The molecule has 3 aromatic rings. The third-order valence-corrected chi connectivity index (χ3v) is 8.76. The molecule has 0 bridgehead atoms. The van der Waals surface area contributed by atoms with Crippen molar-refractivity contribution in [2.75, 3.05) is 45.9 Å². The van der Waals surface area contributed by atoms with Crippen LogP contribution < -0.4 is 4.74 Å². The maximum atomic E-state index is 14.5. The molecule has 3 amide bonds. The second kappa shape index (κ2) is 15.7. The first-order chi connectivity index (χ1) is 23.2. The van der Waals surface area contributed by atoms with Gasteiger partial charge < -0.3 is 29.3 Å². The van der Waals surface area contributed by atoms with E-state index in [0.717, 1.165) is 6.42 Å². The summed E-state index contributed by atoms with van der Waals surface area (Å²) in [4.78, 5) is 73.2. The molecule has 2 fully saturated rings. The summed E-state index contributed by atoms with van der Waals surface area (Å²) in [6.45, 7) is 3.03. The highest BCUT2D eigenvalue weighted by molar-refractivity contribution is 6.00. The lowest BCUT2D eigenvalue weighted by Gasteiger charge is -2.35. The van der Waals surface area contributed by atoms with Gasteiger partial charge in [-0.25, -0.2) is 14.2 Å². The van der Waals surface area contributed by atoms with Gasteiger partial charge in [0.2, 0.25) is 5.91 Å². The van der Waals surface area contributed by atoms with E-state index in [-0.39, 0.29) is 87.7 Å². The highest BCUT2D eigenvalue weighted by atomic mass is 19.1. The third kappa shape index (κ3) is 8.07. The van der Waals surface area contributed by atoms with Crippen LogP contribution in [-0.2, 0) is 19.1 Å². The molecule has 13 heteroatoms. The van der Waals surface area contributed by atoms with Crippen molar-refractivity contribution < 1.29 is 42.9 Å². The summed E-state index contributed by atoms with van der Waals surface area (Å²) in [7, 11) is 0. The second-order valence-corrected chi connectivity index (χ2v) is 11.8. The number of aliphatic carboxylic acids is 1. The molecule has 1 aromatic heterocycles. The number of piperazine rings is 1. The Morgan fingerprint density at radius 1 is 0.979 bits per heavy atom. The number of likely N-dealkylation sites (tertiary alicyclic amines) is 1. The Morgan fingerprint density at radius 2 is 1.69 bits per heavy atom. The Labute approximate surface area is 277 Å². The topological polar surface area (TPSA) is 147 Å². The number of carbonyl (C=O) groups is 5. The van der Waals surface area contributed by atoms with Crippen molar-refractivity contribution in [2.24, 2.45) is 5.92 Å². The zero-order valence-electron chi connectivity index (χ0n) is 26.8. The number of Topliss-reactive ketones (excluding diaryl/α,β-unsaturated/α-hetero) is 1. The largest absolute Gasteiger partial charge is 0.483 e. The average Bonchev–Trinajstić information content (AvgIpc) is 3.58. The number of rotatable bonds is 12. The van der Waals surface area contributed by atoms with Crippen molar-refractivity contribution in [3.05, 3.63) is 71.7 Å². The van der Waals surface area contributed by atoms with E-state index in [1.54, 1.807) is 54.3 Å². The fraction of sp³-hybridized carbons (Fsp3) is 0.429. The smallest absolute Gasteiger partial charge is 0.409 e. The Bertz CT molecular complexity index is 1680. The van der Waals surface area contributed by atoms with Gasteiger partial charge in [-0.3, -0.25) is 19.2 Å². The number of pyridine rings is 1. The summed E-state index contributed by atoms with van der Waals surface area (Å²) in [5, 5.41) is 9.91. The van der Waals surface area contributed by atoms with Crippen molar-refractivity contribution in [1.82, 2.24) is 19.7 Å². The molecule has 0 aliphatic carbocycles. The number of amides is 3. The minimum atomic E-state index is -1.09. The number of aromatic nitrogens is 1. The normalized spacial score (nSPS) is 16.9. The van der Waals surface area contributed by atoms with Gasteiger partial charge in [-0.1, -0.05) is 30.3 Å². The average molecular weight is 663 g/mol. The SMILES string of the molecule is CCOC(=O)N1CCN(C(=O)C(CCC(=O)O)CC(=O)c2cc(OCC(=O)N3CCCC3c3ccccc3F)c3ccccc3n2)CC1. The standard InChI is InChI=1S/C35H39FN4O8/c1-2-47-35(46)39-18-16-38(17-19-39)34(45)23(13-14-33(43)44)20-30(41)28-21-31(25-9-4-6-11-27(25)37-28)48-22-32(42)40-15-7-12-29(40)24-8-3-5-10-26(24)36/h3-6,8-11,21,23,29H,2,7,12-20,22H2,1H3,(H,43,44). The molecule has 0 radical (unpaired) electrons. The van der Waals surface area contributed by atoms with Crippen molar-refractivity contribution in [3.8, 4) is 5.75 Å². The zero-order chi connectivity index (χ0) is 34.2. The van der Waals surface area contributed by atoms with E-state index in [0.29, 0.717) is 29.4 Å². The predicted octanol–water partition coefficient (Wildman–Crippen LogP) is 4.47. The summed E-state index contributed by atoms with van der Waals surface area (Å²) in [6.07, 6.45) is 0.249. The number of carboxylic acid groups (broad SMARTS) is 1. The van der Waals surface area contributed by atoms with Gasteiger partial charge in [0.1, 0.15) is 17.3 Å². The van der Waals surface area contributed by atoms with Gasteiger partial charge in [0.15, 0.2) is 12.4 Å². The third-order valence-electron chi connectivity index (χ3n) is 8.76. The quantitative estimate of drug-likeness (QED) is 0.278. The van der Waals surface area contributed by atoms with E-state index in [4.69, 9.17) is 9.47 Å². The molecule has 254 valence electrons. The number of benzene rings is 2. The molecule has 2 aromatic carbocycles. The number of ketones is 1. The van der Waals surface area contributed by atoms with Crippen LogP contribution in [0.5, 0.6) is 5.75 Å². The Morgan fingerprint density at radius 3 is 2.42 bits per heavy atom. The van der Waals surface area contributed by atoms with Crippen molar-refractivity contribution >= 4 is 40.6 Å². The number of carboxylic acids is 1. The summed E-state index contributed by atoms with van der Waals surface area (Å²) in [5.74, 6) is -3.31. The fourth-order valence-corrected chi connectivity index (χ4v) is 6.28. The molecule has 2 unspecified atom stereocenters. The molecule has 2 saturated heterocycles. The number of fused-ring (bicyclic) bond motifs is 1. The number of halogens is 1. The van der Waals surface area contributed by atoms with Gasteiger partial charge in [-0.2, -0.15) is 0 Å². The van der Waals surface area contributed by atoms with Gasteiger partial charge in [-0.15, -0.1) is 0 Å². The molecule has 48 heavy (non-hydrogen) atoms. The molecule has 2 atom stereocenters. The summed E-state index contributed by atoms with van der Waals surface area (Å²) < 4.78 is 25.6. The molecule has 3 heterocycles. The lowest BCUT2D eigenvalue weighted by atomic mass is 9.93. The number of ether oxygens (including phenoxy) is 2. The lowest BCUT2D eigenvalue weighted by molar-refractivity contribution is -0.140. The van der Waals surface area contributed by atoms with E-state index >= 15 is 0 Å². The molecular weight excluding hydrogens is 623 g/mol. The molecule has 0 saturated carbocycles. The Hall–Kier alpha value is -5.07. The van der Waals surface area contributed by atoms with Crippen LogP contribution in [0.1, 0.15) is 61.1 Å². The summed E-state index contributed by atoms with van der Waals surface area (Å²) >= 11 is 0. The van der Waals surface area contributed by atoms with Crippen LogP contribution in [0.2, 0.25) is 0 Å². The summed E-state index contributed by atoms with van der Waals surface area (Å²) in [6, 6.07) is 14.4. The van der Waals surface area contributed by atoms with E-state index in [1.165, 1.54) is 21.9 Å². The predicted molar refractivity (Wildman–Crippen MR) is 172 cm³/mol. The highest BCUT2D eigenvalue weighted by Crippen LogP contribution is 2.34. The first kappa shape index (κ1) is 34.3. The van der Waals surface area contributed by atoms with Crippen LogP contribution in [0.25, 0.3) is 10.9 Å². The Kier molecular flexibility index (Phi) is 11.2. The van der Waals surface area contributed by atoms with Crippen LogP contribution in [0.15, 0.2) is 54.6 Å². The number of carbonyl (C=O) groups excluding carboxylic acids is 4. The minimum absolute atomic E-state index is 0.0156. The number of hydrogen-bond acceptors (Lipinski definition) is 8. The van der Waals surface area contributed by atoms with Gasteiger partial charge in [0.25, 0.3) is 5.91 Å². The number of hydrogen-bond donors (Lipinski definition) is 1. The molecule has 2 aliphatic rings. The number of nitrogens with zero attached hydrogens (tertiary/aromatic N) is 4. The number of para-hydroxylation sites is 1. The van der Waals surface area contributed by atoms with E-state index in [2.05, 4.69) is 4.98 Å². The van der Waals surface area contributed by atoms with Crippen LogP contribution in [0, 0.1) is 11.7 Å². The van der Waals surface area contributed by atoms with Crippen molar-refractivity contribution in [1.29, 1.82) is 0 Å². The molecule has 2 aliphatic heterocycles. The first-order valence-corrected chi connectivity index (χ1v) is 16.2. The van der Waals surface area contributed by atoms with Crippen LogP contribution >= 0.6 is 0 Å². The molecule has 12 nitrogen and oxygen atoms in total. The van der Waals surface area contributed by atoms with Crippen LogP contribution in [0.3, 0.4) is 0 Å². The van der Waals surface area contributed by atoms with E-state index < -0.39 is 29.8 Å². The minimum Gasteiger partial charge on any atom is -0.483 e. The lowest BCUT2D eigenvalue weighted by Crippen LogP contribution is -2.52. The van der Waals surface area contributed by atoms with Gasteiger partial charge >= 0.3 is 12.1 Å². The Balaban J connectivity index is 1.30. The fourth-order valence-electron chi connectivity index (χ4n) is 6.28. The molecule has 1 N–H and O–H groups in total. The van der Waals surface area contributed by atoms with Crippen molar-refractivity contribution in [2.45, 2.75) is 45.1 Å². The van der Waals surface area contributed by atoms with Gasteiger partial charge in [-0.05, 0) is 44.4 Å². The summed E-state index contributed by atoms with van der Waals surface area (Å²) in [5.41, 5.74) is 0.917. The van der Waals surface area contributed by atoms with Crippen LogP contribution in [0.4, 0.5) is 9.18 Å². The van der Waals surface area contributed by atoms with E-state index in [1.807, 2.05) is 0 Å². The van der Waals surface area contributed by atoms with Crippen molar-refractivity contribution in [3.63, 3.8) is 0 Å². The maximum Gasteiger partial charge on any atom is 0.409 e. The van der Waals surface area contributed by atoms with Gasteiger partial charge in [0.05, 0.1) is 18.2 Å². The monoisotopic (exact) mass is 662 g/mol. The maximum absolute atomic E-state index is 14.5. The molecule has 0 spiro atoms. The first-order valence-electron chi connectivity index (χ1n) is 16.2.